The van der Waals surface area contributed by atoms with Gasteiger partial charge in [-0.3, -0.25) is 4.79 Å². The number of carbonyl (C=O) groups is 1. The first-order valence-corrected chi connectivity index (χ1v) is 12.8. The number of halogens is 2. The van der Waals surface area contributed by atoms with Crippen LogP contribution in [0.25, 0.3) is 23.2 Å². The van der Waals surface area contributed by atoms with Crippen molar-refractivity contribution in [3.8, 4) is 0 Å². The van der Waals surface area contributed by atoms with Gasteiger partial charge in [0.15, 0.2) is 11.6 Å². The van der Waals surface area contributed by atoms with Crippen LogP contribution in [0.1, 0.15) is 80.3 Å². The SMILES string of the molecule is C=Cc1ccc2c(c1)nc([C@@H]1CCCC(=O)C/C1=C/c1ccc(F)c(F)c1)n2[C@H]1CC[C@H](OC)CC1. The molecule has 4 nitrogen and oxygen atoms in total. The lowest BCUT2D eigenvalue weighted by Gasteiger charge is -2.31. The smallest absolute Gasteiger partial charge is 0.159 e. The van der Waals surface area contributed by atoms with E-state index in [1.807, 2.05) is 12.2 Å². The maximum Gasteiger partial charge on any atom is 0.159 e. The van der Waals surface area contributed by atoms with Gasteiger partial charge in [0.2, 0.25) is 0 Å². The van der Waals surface area contributed by atoms with Gasteiger partial charge < -0.3 is 9.30 Å². The molecule has 5 rings (SSSR count). The highest BCUT2D eigenvalue weighted by atomic mass is 19.2. The van der Waals surface area contributed by atoms with Gasteiger partial charge in [-0.05, 0) is 73.9 Å². The fourth-order valence-corrected chi connectivity index (χ4v) is 5.82. The minimum atomic E-state index is -0.889. The van der Waals surface area contributed by atoms with Gasteiger partial charge in [-0.2, -0.15) is 0 Å². The van der Waals surface area contributed by atoms with Crippen molar-refractivity contribution >= 4 is 29.0 Å². The number of aromatic nitrogens is 2. The van der Waals surface area contributed by atoms with Gasteiger partial charge in [0.05, 0.1) is 17.1 Å². The molecule has 1 aromatic heterocycles. The molecule has 0 spiro atoms. The number of rotatable bonds is 5. The van der Waals surface area contributed by atoms with Gasteiger partial charge in [0.25, 0.3) is 0 Å². The fourth-order valence-electron chi connectivity index (χ4n) is 5.82. The van der Waals surface area contributed by atoms with Crippen molar-refractivity contribution in [2.24, 2.45) is 0 Å². The van der Waals surface area contributed by atoms with E-state index >= 15 is 0 Å². The van der Waals surface area contributed by atoms with Crippen LogP contribution in [0.3, 0.4) is 0 Å². The first kappa shape index (κ1) is 24.6. The van der Waals surface area contributed by atoms with Crippen LogP contribution in [-0.4, -0.2) is 28.5 Å². The Bertz CT molecular complexity index is 1320. The van der Waals surface area contributed by atoms with Crippen molar-refractivity contribution in [1.29, 1.82) is 0 Å². The summed E-state index contributed by atoms with van der Waals surface area (Å²) < 4.78 is 35.5. The molecule has 1 atom stereocenters. The van der Waals surface area contributed by atoms with Crippen molar-refractivity contribution in [2.45, 2.75) is 69.4 Å². The molecule has 2 fully saturated rings. The number of allylic oxidation sites excluding steroid dienone is 1. The number of ether oxygens (including phenoxy) is 1. The monoisotopic (exact) mass is 490 g/mol. The Balaban J connectivity index is 1.63. The Kier molecular flexibility index (Phi) is 7.15. The van der Waals surface area contributed by atoms with Crippen LogP contribution in [0.5, 0.6) is 0 Å². The van der Waals surface area contributed by atoms with Gasteiger partial charge in [-0.1, -0.05) is 36.4 Å². The molecule has 0 saturated heterocycles. The third-order valence-corrected chi connectivity index (χ3v) is 7.72. The summed E-state index contributed by atoms with van der Waals surface area (Å²) in [6, 6.07) is 10.4. The minimum Gasteiger partial charge on any atom is -0.381 e. The van der Waals surface area contributed by atoms with E-state index in [2.05, 4.69) is 29.3 Å². The summed E-state index contributed by atoms with van der Waals surface area (Å²) in [5, 5.41) is 0. The Morgan fingerprint density at radius 2 is 1.81 bits per heavy atom. The second kappa shape index (κ2) is 10.5. The van der Waals surface area contributed by atoms with Crippen LogP contribution >= 0.6 is 0 Å². The highest BCUT2D eigenvalue weighted by Gasteiger charge is 2.32. The summed E-state index contributed by atoms with van der Waals surface area (Å²) in [6.07, 6.45) is 10.3. The zero-order valence-corrected chi connectivity index (χ0v) is 20.7. The van der Waals surface area contributed by atoms with Crippen molar-refractivity contribution in [3.63, 3.8) is 0 Å². The van der Waals surface area contributed by atoms with Crippen molar-refractivity contribution in [1.82, 2.24) is 9.55 Å². The largest absolute Gasteiger partial charge is 0.381 e. The molecule has 0 bridgehead atoms. The van der Waals surface area contributed by atoms with Crippen LogP contribution < -0.4 is 0 Å². The molecule has 2 aliphatic carbocycles. The summed E-state index contributed by atoms with van der Waals surface area (Å²) in [4.78, 5) is 17.8. The standard InChI is InChI=1S/C30H32F2N2O2/c1-3-19-8-14-29-28(17-19)33-30(34(29)22-9-11-24(36-2)12-10-22)25-6-4-5-23(35)18-21(25)15-20-7-13-26(31)27(32)16-20/h3,7-8,13-17,22,24-25H,1,4-6,9-12,18H2,2H3/b21-15-/t22-,24-,25-/m1/s1. The van der Waals surface area contributed by atoms with Gasteiger partial charge >= 0.3 is 0 Å². The fraction of sp³-hybridized carbons (Fsp3) is 0.400. The molecule has 1 heterocycles. The number of hydrogen-bond donors (Lipinski definition) is 0. The molecule has 188 valence electrons. The minimum absolute atomic E-state index is 0.0794. The van der Waals surface area contributed by atoms with E-state index in [0.717, 1.165) is 72.6 Å². The molecule has 2 aliphatic rings. The quantitative estimate of drug-likeness (QED) is 0.350. The Labute approximate surface area is 210 Å². The number of nitrogens with zero attached hydrogens (tertiary/aromatic N) is 2. The molecule has 0 radical (unpaired) electrons. The second-order valence-corrected chi connectivity index (χ2v) is 10.0. The van der Waals surface area contributed by atoms with Gasteiger partial charge in [0.1, 0.15) is 11.6 Å². The van der Waals surface area contributed by atoms with E-state index in [9.17, 15) is 13.6 Å². The summed E-state index contributed by atoms with van der Waals surface area (Å²) in [6.45, 7) is 3.90. The Morgan fingerprint density at radius 3 is 2.53 bits per heavy atom. The van der Waals surface area contributed by atoms with Gasteiger partial charge in [0, 0.05) is 31.9 Å². The molecule has 2 saturated carbocycles. The predicted octanol–water partition coefficient (Wildman–Crippen LogP) is 7.40. The third-order valence-electron chi connectivity index (χ3n) is 7.72. The number of carbonyl (C=O) groups excluding carboxylic acids is 1. The lowest BCUT2D eigenvalue weighted by atomic mass is 9.89. The number of hydrogen-bond acceptors (Lipinski definition) is 3. The first-order valence-electron chi connectivity index (χ1n) is 12.8. The summed E-state index contributed by atoms with van der Waals surface area (Å²) >= 11 is 0. The number of methoxy groups -OCH3 is 1. The zero-order valence-electron chi connectivity index (χ0n) is 20.7. The summed E-state index contributed by atoms with van der Waals surface area (Å²) in [5.41, 5.74) is 4.48. The lowest BCUT2D eigenvalue weighted by molar-refractivity contribution is -0.118. The summed E-state index contributed by atoms with van der Waals surface area (Å²) in [5.74, 6) is -0.722. The average Bonchev–Trinajstić information content (AvgIpc) is 3.16. The third kappa shape index (κ3) is 4.92. The molecule has 2 aromatic carbocycles. The van der Waals surface area contributed by atoms with Crippen LogP contribution in [-0.2, 0) is 9.53 Å². The molecule has 0 amide bonds. The number of fused-ring (bicyclic) bond motifs is 1. The number of imidazole rings is 1. The average molecular weight is 491 g/mol. The van der Waals surface area contributed by atoms with E-state index in [-0.39, 0.29) is 23.8 Å². The van der Waals surface area contributed by atoms with Crippen LogP contribution in [0, 0.1) is 11.6 Å². The Hall–Kier alpha value is -3.12. The molecular weight excluding hydrogens is 458 g/mol. The number of Topliss-reactive ketones (excluding diaryl/α,β-unsaturated/α-hetero) is 1. The normalized spacial score (nSPS) is 24.2. The van der Waals surface area contributed by atoms with E-state index in [4.69, 9.17) is 9.72 Å². The van der Waals surface area contributed by atoms with E-state index < -0.39 is 11.6 Å². The highest BCUT2D eigenvalue weighted by Crippen LogP contribution is 2.41. The van der Waals surface area contributed by atoms with Crippen LogP contribution in [0.2, 0.25) is 0 Å². The second-order valence-electron chi connectivity index (χ2n) is 10.0. The lowest BCUT2D eigenvalue weighted by Crippen LogP contribution is -2.24. The van der Waals surface area contributed by atoms with E-state index in [1.165, 1.54) is 6.07 Å². The van der Waals surface area contributed by atoms with Gasteiger partial charge in [-0.25, -0.2) is 13.8 Å². The predicted molar refractivity (Wildman–Crippen MR) is 139 cm³/mol. The molecule has 0 unspecified atom stereocenters. The molecular formula is C30H32F2N2O2. The Morgan fingerprint density at radius 1 is 1.03 bits per heavy atom. The molecule has 6 heteroatoms. The van der Waals surface area contributed by atoms with Gasteiger partial charge in [-0.15, -0.1) is 0 Å². The van der Waals surface area contributed by atoms with Crippen molar-refractivity contribution in [2.75, 3.05) is 7.11 Å². The van der Waals surface area contributed by atoms with Crippen molar-refractivity contribution in [3.05, 3.63) is 77.1 Å². The number of benzene rings is 2. The van der Waals surface area contributed by atoms with E-state index in [0.29, 0.717) is 18.4 Å². The van der Waals surface area contributed by atoms with E-state index in [1.54, 1.807) is 13.2 Å². The molecule has 3 aromatic rings. The molecule has 0 N–H and O–H groups in total. The van der Waals surface area contributed by atoms with Crippen LogP contribution in [0.15, 0.2) is 48.6 Å². The summed E-state index contributed by atoms with van der Waals surface area (Å²) in [7, 11) is 1.78. The van der Waals surface area contributed by atoms with Crippen molar-refractivity contribution < 1.29 is 18.3 Å². The maximum absolute atomic E-state index is 14.0. The first-order chi connectivity index (χ1) is 17.5. The topological polar surface area (TPSA) is 44.1 Å². The zero-order chi connectivity index (χ0) is 25.2. The van der Waals surface area contributed by atoms with Crippen LogP contribution in [0.4, 0.5) is 8.78 Å². The molecule has 36 heavy (non-hydrogen) atoms. The number of ketones is 1. The highest BCUT2D eigenvalue weighted by molar-refractivity contribution is 5.84. The maximum atomic E-state index is 14.0. The molecule has 0 aliphatic heterocycles.